The summed E-state index contributed by atoms with van der Waals surface area (Å²) in [4.78, 5) is 23.5. The van der Waals surface area contributed by atoms with Crippen LogP contribution in [0.3, 0.4) is 0 Å². The van der Waals surface area contributed by atoms with Gasteiger partial charge in [-0.25, -0.2) is 10.2 Å². The number of aryl methyl sites for hydroxylation is 1. The van der Waals surface area contributed by atoms with E-state index in [0.29, 0.717) is 12.8 Å². The maximum Gasteiger partial charge on any atom is 0.460 e. The largest absolute Gasteiger partial charge is 0.460 e. The first-order valence-corrected chi connectivity index (χ1v) is 8.64. The van der Waals surface area contributed by atoms with Crippen molar-refractivity contribution in [2.24, 2.45) is 5.10 Å². The van der Waals surface area contributed by atoms with Gasteiger partial charge in [0.05, 0.1) is 11.8 Å². The third kappa shape index (κ3) is 4.15. The molecule has 0 aliphatic heterocycles. The van der Waals surface area contributed by atoms with Crippen LogP contribution in [0, 0.1) is 6.92 Å². The third-order valence-corrected chi connectivity index (χ3v) is 4.18. The zero-order valence-electron chi connectivity index (χ0n) is 15.9. The lowest BCUT2D eigenvalue weighted by Crippen LogP contribution is -2.58. The fourth-order valence-corrected chi connectivity index (χ4v) is 2.75. The number of rotatable bonds is 5. The van der Waals surface area contributed by atoms with Crippen LogP contribution in [0.1, 0.15) is 54.1 Å². The van der Waals surface area contributed by atoms with Crippen molar-refractivity contribution in [2.75, 3.05) is 0 Å². The van der Waals surface area contributed by atoms with Crippen molar-refractivity contribution >= 4 is 17.6 Å². The summed E-state index contributed by atoms with van der Waals surface area (Å²) in [7, 11) is 0. The van der Waals surface area contributed by atoms with E-state index >= 15 is 0 Å². The molecule has 1 aliphatic rings. The highest BCUT2D eigenvalue weighted by Crippen LogP contribution is 2.46. The minimum atomic E-state index is -6.65. The van der Waals surface area contributed by atoms with E-state index in [2.05, 4.69) is 5.10 Å². The number of hydrogen-bond donors (Lipinski definition) is 1. The van der Waals surface area contributed by atoms with E-state index in [9.17, 15) is 40.3 Å². The molecule has 0 fully saturated rings. The molecule has 1 amide bonds. The number of carbonyl (C=O) groups is 2. The SMILES string of the molecule is Cc1c(C(=O)OC(C)C)oc2c1/C(=N/NC(=O)C(F)(F)C(F)(F)C(F)(F)F)CCC2. The summed E-state index contributed by atoms with van der Waals surface area (Å²) in [6.45, 7) is 4.61. The summed E-state index contributed by atoms with van der Waals surface area (Å²) in [5.41, 5.74) is 1.33. The van der Waals surface area contributed by atoms with Crippen LogP contribution in [0.25, 0.3) is 0 Å². The highest BCUT2D eigenvalue weighted by Gasteiger charge is 2.76. The van der Waals surface area contributed by atoms with Crippen molar-refractivity contribution in [3.05, 3.63) is 22.6 Å². The molecule has 0 bridgehead atoms. The smallest absolute Gasteiger partial charge is 0.457 e. The predicted octanol–water partition coefficient (Wildman–Crippen LogP) is 4.14. The first-order chi connectivity index (χ1) is 13.6. The van der Waals surface area contributed by atoms with E-state index in [-0.39, 0.29) is 34.8 Å². The lowest BCUT2D eigenvalue weighted by atomic mass is 9.93. The molecule has 1 aliphatic carbocycles. The lowest BCUT2D eigenvalue weighted by Gasteiger charge is -2.26. The summed E-state index contributed by atoms with van der Waals surface area (Å²) in [5.74, 6) is -16.4. The van der Waals surface area contributed by atoms with E-state index in [1.54, 1.807) is 13.8 Å². The van der Waals surface area contributed by atoms with Gasteiger partial charge in [0, 0.05) is 17.5 Å². The van der Waals surface area contributed by atoms with Crippen LogP contribution in [0.2, 0.25) is 0 Å². The Morgan fingerprint density at radius 1 is 1.10 bits per heavy atom. The fourth-order valence-electron chi connectivity index (χ4n) is 2.75. The quantitative estimate of drug-likeness (QED) is 0.419. The van der Waals surface area contributed by atoms with E-state index in [0.717, 1.165) is 5.43 Å². The van der Waals surface area contributed by atoms with Crippen molar-refractivity contribution in [3.8, 4) is 0 Å². The minimum Gasteiger partial charge on any atom is -0.457 e. The number of esters is 1. The van der Waals surface area contributed by atoms with E-state index in [1.807, 2.05) is 0 Å². The number of nitrogens with zero attached hydrogens (tertiary/aromatic N) is 1. The Morgan fingerprint density at radius 2 is 1.70 bits per heavy atom. The number of halogens is 7. The summed E-state index contributed by atoms with van der Waals surface area (Å²) in [6, 6.07) is 0. The molecule has 1 N–H and O–H groups in total. The Morgan fingerprint density at radius 3 is 2.23 bits per heavy atom. The molecule has 1 aromatic heterocycles. The molecule has 6 nitrogen and oxygen atoms in total. The van der Waals surface area contributed by atoms with Gasteiger partial charge in [-0.3, -0.25) is 4.79 Å². The second-order valence-electron chi connectivity index (χ2n) is 6.81. The van der Waals surface area contributed by atoms with Crippen LogP contribution in [-0.2, 0) is 16.0 Å². The average molecular weight is 446 g/mol. The van der Waals surface area contributed by atoms with E-state index < -0.39 is 36.0 Å². The molecule has 0 aromatic carbocycles. The van der Waals surface area contributed by atoms with Gasteiger partial charge in [-0.1, -0.05) is 0 Å². The van der Waals surface area contributed by atoms with E-state index in [4.69, 9.17) is 9.15 Å². The maximum absolute atomic E-state index is 13.4. The topological polar surface area (TPSA) is 80.9 Å². The third-order valence-electron chi connectivity index (χ3n) is 4.18. The number of ether oxygens (including phenoxy) is 1. The zero-order valence-corrected chi connectivity index (χ0v) is 15.9. The van der Waals surface area contributed by atoms with Gasteiger partial charge < -0.3 is 9.15 Å². The number of furan rings is 1. The Bertz CT molecular complexity index is 872. The van der Waals surface area contributed by atoms with Crippen LogP contribution in [-0.4, -0.2) is 41.7 Å². The molecule has 0 spiro atoms. The van der Waals surface area contributed by atoms with Gasteiger partial charge >= 0.3 is 29.9 Å². The molecular weight excluding hydrogens is 429 g/mol. The normalized spacial score (nSPS) is 16.6. The van der Waals surface area contributed by atoms with Gasteiger partial charge in [0.2, 0.25) is 5.76 Å². The standard InChI is InChI=1S/C17H17F7N2O4/c1-7(2)29-13(27)12-8(3)11-9(5-4-6-10(11)30-12)25-26-14(28)15(18,19)16(20,21)17(22,23)24/h7H,4-6H2,1-3H3,(H,26,28)/b25-9+. The van der Waals surface area contributed by atoms with Gasteiger partial charge in [0.25, 0.3) is 0 Å². The summed E-state index contributed by atoms with van der Waals surface area (Å²) in [6.07, 6.45) is -6.40. The Kier molecular flexibility index (Phi) is 6.24. The molecule has 13 heteroatoms. The van der Waals surface area contributed by atoms with Crippen molar-refractivity contribution in [1.82, 2.24) is 5.43 Å². The van der Waals surface area contributed by atoms with Gasteiger partial charge in [-0.2, -0.15) is 35.8 Å². The summed E-state index contributed by atoms with van der Waals surface area (Å²) in [5, 5.41) is 3.31. The second kappa shape index (κ2) is 7.91. The maximum atomic E-state index is 13.4. The minimum absolute atomic E-state index is 0.0631. The first-order valence-electron chi connectivity index (χ1n) is 8.64. The number of hydrazone groups is 1. The highest BCUT2D eigenvalue weighted by atomic mass is 19.4. The van der Waals surface area contributed by atoms with Crippen molar-refractivity contribution in [2.45, 2.75) is 64.2 Å². The number of carbonyl (C=O) groups excluding carboxylic acids is 2. The molecule has 0 saturated carbocycles. The summed E-state index contributed by atoms with van der Waals surface area (Å²) >= 11 is 0. The van der Waals surface area contributed by atoms with Crippen molar-refractivity contribution in [1.29, 1.82) is 0 Å². The number of alkyl halides is 7. The second-order valence-corrected chi connectivity index (χ2v) is 6.81. The number of fused-ring (bicyclic) bond motifs is 1. The average Bonchev–Trinajstić information content (AvgIpc) is 2.95. The molecule has 0 saturated heterocycles. The molecule has 168 valence electrons. The molecule has 2 rings (SSSR count). The molecule has 0 radical (unpaired) electrons. The number of nitrogens with one attached hydrogen (secondary N) is 1. The Balaban J connectivity index is 2.32. The van der Waals surface area contributed by atoms with Gasteiger partial charge in [0.1, 0.15) is 5.76 Å². The number of amides is 1. The van der Waals surface area contributed by atoms with Crippen LogP contribution in [0.4, 0.5) is 30.7 Å². The molecule has 1 aromatic rings. The predicted molar refractivity (Wildman–Crippen MR) is 87.6 cm³/mol. The molecule has 0 unspecified atom stereocenters. The first kappa shape index (κ1) is 23.7. The lowest BCUT2D eigenvalue weighted by molar-refractivity contribution is -0.344. The van der Waals surface area contributed by atoms with Crippen LogP contribution >= 0.6 is 0 Å². The van der Waals surface area contributed by atoms with Crippen molar-refractivity contribution < 1.29 is 49.5 Å². The monoisotopic (exact) mass is 446 g/mol. The van der Waals surface area contributed by atoms with Gasteiger partial charge in [-0.05, 0) is 33.6 Å². The molecule has 30 heavy (non-hydrogen) atoms. The molecule has 0 atom stereocenters. The molecular formula is C17H17F7N2O4. The van der Waals surface area contributed by atoms with E-state index in [1.165, 1.54) is 6.92 Å². The van der Waals surface area contributed by atoms with Crippen LogP contribution < -0.4 is 5.43 Å². The fraction of sp³-hybridized carbons (Fsp3) is 0.588. The van der Waals surface area contributed by atoms with Crippen molar-refractivity contribution in [3.63, 3.8) is 0 Å². The molecule has 1 heterocycles. The van der Waals surface area contributed by atoms with Gasteiger partial charge in [-0.15, -0.1) is 0 Å². The number of hydrogen-bond acceptors (Lipinski definition) is 5. The van der Waals surface area contributed by atoms with Gasteiger partial charge in [0.15, 0.2) is 0 Å². The Labute approximate surface area is 165 Å². The Hall–Kier alpha value is -2.60. The van der Waals surface area contributed by atoms with Crippen LogP contribution in [0.15, 0.2) is 9.52 Å². The zero-order chi connectivity index (χ0) is 23.1. The highest BCUT2D eigenvalue weighted by molar-refractivity contribution is 6.06. The van der Waals surface area contributed by atoms with Crippen LogP contribution in [0.5, 0.6) is 0 Å². The summed E-state index contributed by atoms with van der Waals surface area (Å²) < 4.78 is 99.8.